The van der Waals surface area contributed by atoms with E-state index in [9.17, 15) is 9.90 Å². The second-order valence-corrected chi connectivity index (χ2v) is 2.79. The van der Waals surface area contributed by atoms with E-state index in [1.807, 2.05) is 0 Å². The zero-order valence-corrected chi connectivity index (χ0v) is 10.0. The molecule has 0 saturated carbocycles. The Kier molecular flexibility index (Phi) is 7.21. The quantitative estimate of drug-likeness (QED) is 0.613. The van der Waals surface area contributed by atoms with Crippen molar-refractivity contribution < 1.29 is 24.5 Å². The van der Waals surface area contributed by atoms with Crippen LogP contribution in [0.4, 0.5) is 0 Å². The molecule has 94 valence electrons. The highest BCUT2D eigenvalue weighted by Crippen LogP contribution is 2.26. The predicted molar refractivity (Wildman–Crippen MR) is 63.9 cm³/mol. The standard InChI is InChI=1S/C11H12O4.CH4O/c1-14-10-7-8(3-5-9(10)12)4-6-11(13)15-2;1-2/h3-7,12H,1-2H3;2H,1H3. The molecule has 0 aliphatic rings. The lowest BCUT2D eigenvalue weighted by molar-refractivity contribution is -0.134. The number of aliphatic hydroxyl groups excluding tert-OH is 1. The number of carbonyl (C=O) groups excluding carboxylic acids is 1. The van der Waals surface area contributed by atoms with Crippen molar-refractivity contribution in [2.45, 2.75) is 0 Å². The van der Waals surface area contributed by atoms with E-state index in [-0.39, 0.29) is 5.75 Å². The van der Waals surface area contributed by atoms with E-state index in [0.29, 0.717) is 5.75 Å². The Hall–Kier alpha value is -2.01. The molecule has 0 amide bonds. The molecule has 5 nitrogen and oxygen atoms in total. The molecule has 1 aromatic rings. The Labute approximate surface area is 99.9 Å². The average molecular weight is 240 g/mol. The second-order valence-electron chi connectivity index (χ2n) is 2.79. The number of benzene rings is 1. The fourth-order valence-corrected chi connectivity index (χ4v) is 1.03. The Balaban J connectivity index is 0.00000121. The van der Waals surface area contributed by atoms with Crippen molar-refractivity contribution in [3.8, 4) is 11.5 Å². The third-order valence-electron chi connectivity index (χ3n) is 1.82. The van der Waals surface area contributed by atoms with Crippen molar-refractivity contribution in [2.24, 2.45) is 0 Å². The Morgan fingerprint density at radius 3 is 2.47 bits per heavy atom. The van der Waals surface area contributed by atoms with Crippen LogP contribution in [-0.4, -0.2) is 37.5 Å². The van der Waals surface area contributed by atoms with Gasteiger partial charge < -0.3 is 19.7 Å². The third-order valence-corrected chi connectivity index (χ3v) is 1.82. The topological polar surface area (TPSA) is 76.0 Å². The first-order valence-electron chi connectivity index (χ1n) is 4.75. The fourth-order valence-electron chi connectivity index (χ4n) is 1.03. The van der Waals surface area contributed by atoms with Gasteiger partial charge in [0.15, 0.2) is 11.5 Å². The molecule has 0 fully saturated rings. The second kappa shape index (κ2) is 8.18. The molecule has 0 saturated heterocycles. The van der Waals surface area contributed by atoms with E-state index in [4.69, 9.17) is 9.84 Å². The molecule has 0 aliphatic heterocycles. The number of rotatable bonds is 3. The van der Waals surface area contributed by atoms with E-state index in [1.165, 1.54) is 26.4 Å². The third kappa shape index (κ3) is 5.03. The molecule has 2 N–H and O–H groups in total. The van der Waals surface area contributed by atoms with Crippen LogP contribution in [0.2, 0.25) is 0 Å². The minimum Gasteiger partial charge on any atom is -0.504 e. The maximum Gasteiger partial charge on any atom is 0.330 e. The number of hydrogen-bond acceptors (Lipinski definition) is 5. The molecule has 17 heavy (non-hydrogen) atoms. The Bertz CT molecular complexity index is 384. The van der Waals surface area contributed by atoms with Crippen LogP contribution in [0.15, 0.2) is 24.3 Å². The number of hydrogen-bond donors (Lipinski definition) is 2. The van der Waals surface area contributed by atoms with Crippen molar-refractivity contribution in [3.63, 3.8) is 0 Å². The highest BCUT2D eigenvalue weighted by atomic mass is 16.5. The Morgan fingerprint density at radius 1 is 1.29 bits per heavy atom. The van der Waals surface area contributed by atoms with Crippen LogP contribution in [0.3, 0.4) is 0 Å². The summed E-state index contributed by atoms with van der Waals surface area (Å²) in [6.07, 6.45) is 2.87. The van der Waals surface area contributed by atoms with E-state index < -0.39 is 5.97 Å². The molecular weight excluding hydrogens is 224 g/mol. The minimum absolute atomic E-state index is 0.0627. The van der Waals surface area contributed by atoms with Crippen LogP contribution >= 0.6 is 0 Å². The molecule has 0 heterocycles. The zero-order chi connectivity index (χ0) is 13.3. The number of esters is 1. The van der Waals surface area contributed by atoms with Crippen LogP contribution in [0.1, 0.15) is 5.56 Å². The lowest BCUT2D eigenvalue weighted by atomic mass is 10.2. The monoisotopic (exact) mass is 240 g/mol. The smallest absolute Gasteiger partial charge is 0.330 e. The Morgan fingerprint density at radius 2 is 1.94 bits per heavy atom. The lowest BCUT2D eigenvalue weighted by Crippen LogP contribution is -1.93. The summed E-state index contributed by atoms with van der Waals surface area (Å²) in [4.78, 5) is 10.8. The zero-order valence-electron chi connectivity index (χ0n) is 10.0. The van der Waals surface area contributed by atoms with Gasteiger partial charge in [0.1, 0.15) is 0 Å². The predicted octanol–water partition coefficient (Wildman–Crippen LogP) is 1.20. The van der Waals surface area contributed by atoms with Gasteiger partial charge in [-0.3, -0.25) is 0 Å². The number of carbonyl (C=O) groups is 1. The molecule has 0 aliphatic carbocycles. The fraction of sp³-hybridized carbons (Fsp3) is 0.250. The molecule has 0 atom stereocenters. The highest BCUT2D eigenvalue weighted by molar-refractivity contribution is 5.87. The SMILES string of the molecule is CO.COC(=O)C=Cc1ccc(O)c(OC)c1. The number of methoxy groups -OCH3 is 2. The van der Waals surface area contributed by atoms with Gasteiger partial charge in [0, 0.05) is 13.2 Å². The van der Waals surface area contributed by atoms with Crippen molar-refractivity contribution >= 4 is 12.0 Å². The van der Waals surface area contributed by atoms with E-state index >= 15 is 0 Å². The van der Waals surface area contributed by atoms with Gasteiger partial charge in [-0.1, -0.05) is 6.07 Å². The lowest BCUT2D eigenvalue weighted by Gasteiger charge is -2.03. The van der Waals surface area contributed by atoms with Gasteiger partial charge in [-0.15, -0.1) is 0 Å². The first-order valence-corrected chi connectivity index (χ1v) is 4.75. The summed E-state index contributed by atoms with van der Waals surface area (Å²) in [6, 6.07) is 4.78. The number of aliphatic hydroxyl groups is 1. The molecule has 0 spiro atoms. The first kappa shape index (κ1) is 15.0. The summed E-state index contributed by atoms with van der Waals surface area (Å²) in [7, 11) is 3.77. The van der Waals surface area contributed by atoms with E-state index in [2.05, 4.69) is 4.74 Å². The van der Waals surface area contributed by atoms with Crippen LogP contribution in [-0.2, 0) is 9.53 Å². The van der Waals surface area contributed by atoms with Gasteiger partial charge in [-0.2, -0.15) is 0 Å². The molecule has 1 rings (SSSR count). The molecule has 0 radical (unpaired) electrons. The van der Waals surface area contributed by atoms with Crippen molar-refractivity contribution in [3.05, 3.63) is 29.8 Å². The average Bonchev–Trinajstić information content (AvgIpc) is 2.39. The molecular formula is C12H16O5. The summed E-state index contributed by atoms with van der Waals surface area (Å²) in [6.45, 7) is 0. The molecule has 1 aromatic carbocycles. The van der Waals surface area contributed by atoms with Crippen molar-refractivity contribution in [2.75, 3.05) is 21.3 Å². The van der Waals surface area contributed by atoms with Crippen LogP contribution in [0, 0.1) is 0 Å². The largest absolute Gasteiger partial charge is 0.504 e. The van der Waals surface area contributed by atoms with Gasteiger partial charge in [0.25, 0.3) is 0 Å². The summed E-state index contributed by atoms with van der Waals surface area (Å²) < 4.78 is 9.36. The summed E-state index contributed by atoms with van der Waals surface area (Å²) >= 11 is 0. The van der Waals surface area contributed by atoms with Crippen LogP contribution in [0.5, 0.6) is 11.5 Å². The van der Waals surface area contributed by atoms with Gasteiger partial charge >= 0.3 is 5.97 Å². The maximum absolute atomic E-state index is 10.8. The minimum atomic E-state index is -0.429. The molecule has 5 heteroatoms. The van der Waals surface area contributed by atoms with E-state index in [0.717, 1.165) is 12.7 Å². The number of phenols is 1. The van der Waals surface area contributed by atoms with Crippen molar-refractivity contribution in [1.82, 2.24) is 0 Å². The number of aromatic hydroxyl groups is 1. The number of ether oxygens (including phenoxy) is 2. The van der Waals surface area contributed by atoms with Gasteiger partial charge in [-0.25, -0.2) is 4.79 Å². The van der Waals surface area contributed by atoms with E-state index in [1.54, 1.807) is 18.2 Å². The van der Waals surface area contributed by atoms with Crippen LogP contribution in [0.25, 0.3) is 6.08 Å². The van der Waals surface area contributed by atoms with Crippen LogP contribution < -0.4 is 4.74 Å². The normalized spacial score (nSPS) is 9.41. The summed E-state index contributed by atoms with van der Waals surface area (Å²) in [5.41, 5.74) is 0.745. The maximum atomic E-state index is 10.8. The van der Waals surface area contributed by atoms with Crippen molar-refractivity contribution in [1.29, 1.82) is 0 Å². The summed E-state index contributed by atoms with van der Waals surface area (Å²) in [5.74, 6) is -0.00299. The van der Waals surface area contributed by atoms with Gasteiger partial charge in [-0.05, 0) is 23.8 Å². The van der Waals surface area contributed by atoms with Gasteiger partial charge in [0.2, 0.25) is 0 Å². The number of phenolic OH excluding ortho intramolecular Hbond substituents is 1. The summed E-state index contributed by atoms with van der Waals surface area (Å²) in [5, 5.41) is 16.3. The highest BCUT2D eigenvalue weighted by Gasteiger charge is 2.00. The van der Waals surface area contributed by atoms with Gasteiger partial charge in [0.05, 0.1) is 14.2 Å². The molecule has 0 aromatic heterocycles. The molecule has 0 bridgehead atoms. The molecule has 0 unspecified atom stereocenters. The first-order chi connectivity index (χ1) is 8.17.